The van der Waals surface area contributed by atoms with E-state index < -0.39 is 0 Å². The molecule has 13 heavy (non-hydrogen) atoms. The van der Waals surface area contributed by atoms with E-state index in [2.05, 4.69) is 17.6 Å². The largest absolute Gasteiger partial charge is 0.338 e. The molecule has 74 valence electrons. The first-order valence-electron chi connectivity index (χ1n) is 5.30. The number of hydrogen-bond acceptors (Lipinski definition) is 1. The summed E-state index contributed by atoms with van der Waals surface area (Å²) in [7, 11) is 0. The molecule has 0 aromatic carbocycles. The Morgan fingerprint density at radius 2 is 2.08 bits per heavy atom. The second-order valence-electron chi connectivity index (χ2n) is 4.46. The van der Waals surface area contributed by atoms with Crippen LogP contribution in [0.2, 0.25) is 0 Å². The van der Waals surface area contributed by atoms with Crippen molar-refractivity contribution < 1.29 is 4.79 Å². The Morgan fingerprint density at radius 3 is 2.54 bits per heavy atom. The highest BCUT2D eigenvalue weighted by Crippen LogP contribution is 2.28. The van der Waals surface area contributed by atoms with Crippen molar-refractivity contribution in [3.05, 3.63) is 0 Å². The molecule has 2 rings (SSSR count). The van der Waals surface area contributed by atoms with Gasteiger partial charge in [-0.15, -0.1) is 0 Å². The van der Waals surface area contributed by atoms with Crippen LogP contribution in [0.4, 0.5) is 4.79 Å². The summed E-state index contributed by atoms with van der Waals surface area (Å²) >= 11 is 0. The molecule has 0 heterocycles. The van der Waals surface area contributed by atoms with Gasteiger partial charge in [0.2, 0.25) is 0 Å². The van der Waals surface area contributed by atoms with Crippen LogP contribution in [-0.4, -0.2) is 18.6 Å². The fraction of sp³-hybridized carbons (Fsp3) is 0.900. The topological polar surface area (TPSA) is 41.1 Å². The van der Waals surface area contributed by atoms with Crippen molar-refractivity contribution in [1.29, 1.82) is 0 Å². The van der Waals surface area contributed by atoms with Crippen LogP contribution in [0.5, 0.6) is 0 Å². The summed E-state index contributed by atoms with van der Waals surface area (Å²) in [5.74, 6) is 1.44. The van der Waals surface area contributed by atoms with E-state index >= 15 is 0 Å². The smallest absolute Gasteiger partial charge is 0.315 e. The molecule has 0 aromatic heterocycles. The van der Waals surface area contributed by atoms with E-state index in [1.807, 2.05) is 0 Å². The van der Waals surface area contributed by atoms with Gasteiger partial charge >= 0.3 is 6.03 Å². The highest BCUT2D eigenvalue weighted by molar-refractivity contribution is 5.74. The molecule has 2 N–H and O–H groups in total. The van der Waals surface area contributed by atoms with Crippen molar-refractivity contribution in [1.82, 2.24) is 10.6 Å². The van der Waals surface area contributed by atoms with Crippen molar-refractivity contribution in [3.63, 3.8) is 0 Å². The van der Waals surface area contributed by atoms with E-state index in [9.17, 15) is 4.79 Å². The van der Waals surface area contributed by atoms with Crippen LogP contribution >= 0.6 is 0 Å². The molecule has 0 aromatic rings. The molecule has 2 atom stereocenters. The lowest BCUT2D eigenvalue weighted by molar-refractivity contribution is 0.204. The van der Waals surface area contributed by atoms with Crippen molar-refractivity contribution in [3.8, 4) is 0 Å². The van der Waals surface area contributed by atoms with Crippen molar-refractivity contribution >= 4 is 6.03 Å². The number of nitrogens with one attached hydrogen (secondary N) is 2. The molecule has 2 aliphatic carbocycles. The highest BCUT2D eigenvalue weighted by atomic mass is 16.2. The second-order valence-corrected chi connectivity index (χ2v) is 4.46. The Labute approximate surface area is 79.3 Å². The average Bonchev–Trinajstić information content (AvgIpc) is 2.92. The molecule has 0 aliphatic heterocycles. The van der Waals surface area contributed by atoms with Gasteiger partial charge < -0.3 is 10.6 Å². The summed E-state index contributed by atoms with van der Waals surface area (Å²) < 4.78 is 0. The van der Waals surface area contributed by atoms with E-state index in [1.54, 1.807) is 0 Å². The molecule has 2 unspecified atom stereocenters. The Bertz CT molecular complexity index is 201. The SMILES string of the molecule is CC1CCC1NC(=O)NCC1CC1. The molecule has 2 fully saturated rings. The number of urea groups is 1. The number of amides is 2. The van der Waals surface area contributed by atoms with E-state index in [0.717, 1.165) is 18.9 Å². The van der Waals surface area contributed by atoms with Gasteiger partial charge in [0, 0.05) is 12.6 Å². The average molecular weight is 182 g/mol. The molecule has 0 radical (unpaired) electrons. The molecule has 3 heteroatoms. The molecule has 2 saturated carbocycles. The van der Waals surface area contributed by atoms with E-state index in [-0.39, 0.29) is 6.03 Å². The Morgan fingerprint density at radius 1 is 1.31 bits per heavy atom. The molecule has 0 bridgehead atoms. The maximum atomic E-state index is 11.3. The summed E-state index contributed by atoms with van der Waals surface area (Å²) in [5.41, 5.74) is 0. The summed E-state index contributed by atoms with van der Waals surface area (Å²) in [6.07, 6.45) is 4.99. The third kappa shape index (κ3) is 2.36. The monoisotopic (exact) mass is 182 g/mol. The lowest BCUT2D eigenvalue weighted by Crippen LogP contribution is -2.49. The minimum atomic E-state index is 0.0310. The maximum Gasteiger partial charge on any atom is 0.315 e. The normalized spacial score (nSPS) is 32.1. The lowest BCUT2D eigenvalue weighted by atomic mass is 9.81. The van der Waals surface area contributed by atoms with Gasteiger partial charge in [-0.25, -0.2) is 4.79 Å². The zero-order valence-electron chi connectivity index (χ0n) is 8.18. The third-order valence-electron chi connectivity index (χ3n) is 3.18. The number of rotatable bonds is 3. The number of carbonyl (C=O) groups excluding carboxylic acids is 1. The zero-order valence-corrected chi connectivity index (χ0v) is 8.18. The first kappa shape index (κ1) is 8.85. The molecule has 2 amide bonds. The van der Waals surface area contributed by atoms with Gasteiger partial charge in [0.25, 0.3) is 0 Å². The fourth-order valence-electron chi connectivity index (χ4n) is 1.66. The van der Waals surface area contributed by atoms with Crippen LogP contribution in [0.15, 0.2) is 0 Å². The highest BCUT2D eigenvalue weighted by Gasteiger charge is 2.28. The molecular weight excluding hydrogens is 164 g/mol. The van der Waals surface area contributed by atoms with Crippen LogP contribution in [-0.2, 0) is 0 Å². The van der Waals surface area contributed by atoms with Gasteiger partial charge in [-0.1, -0.05) is 6.92 Å². The zero-order chi connectivity index (χ0) is 9.26. The number of hydrogen-bond donors (Lipinski definition) is 2. The summed E-state index contributed by atoms with van der Waals surface area (Å²) in [5, 5.41) is 5.91. The second kappa shape index (κ2) is 3.56. The van der Waals surface area contributed by atoms with E-state index in [0.29, 0.717) is 12.0 Å². The van der Waals surface area contributed by atoms with Gasteiger partial charge in [0.05, 0.1) is 0 Å². The van der Waals surface area contributed by atoms with Gasteiger partial charge in [-0.05, 0) is 37.5 Å². The van der Waals surface area contributed by atoms with Crippen LogP contribution < -0.4 is 10.6 Å². The van der Waals surface area contributed by atoms with E-state index in [1.165, 1.54) is 19.3 Å². The number of carbonyl (C=O) groups is 1. The summed E-state index contributed by atoms with van der Waals surface area (Å²) in [6.45, 7) is 3.06. The molecule has 2 aliphatic rings. The lowest BCUT2D eigenvalue weighted by Gasteiger charge is -2.34. The van der Waals surface area contributed by atoms with Crippen LogP contribution in [0.25, 0.3) is 0 Å². The first-order valence-corrected chi connectivity index (χ1v) is 5.30. The standard InChI is InChI=1S/C10H18N2O/c1-7-2-5-9(7)12-10(13)11-6-8-3-4-8/h7-9H,2-6H2,1H3,(H2,11,12,13). The maximum absolute atomic E-state index is 11.3. The molecule has 3 nitrogen and oxygen atoms in total. The molecular formula is C10H18N2O. The van der Waals surface area contributed by atoms with Crippen LogP contribution in [0.3, 0.4) is 0 Å². The van der Waals surface area contributed by atoms with Gasteiger partial charge in [0.1, 0.15) is 0 Å². The van der Waals surface area contributed by atoms with Gasteiger partial charge in [-0.2, -0.15) is 0 Å². The fourth-order valence-corrected chi connectivity index (χ4v) is 1.66. The Kier molecular flexibility index (Phi) is 2.42. The van der Waals surface area contributed by atoms with Crippen LogP contribution in [0.1, 0.15) is 32.6 Å². The quantitative estimate of drug-likeness (QED) is 0.682. The third-order valence-corrected chi connectivity index (χ3v) is 3.18. The Hall–Kier alpha value is -0.730. The van der Waals surface area contributed by atoms with Crippen LogP contribution in [0, 0.1) is 11.8 Å². The summed E-state index contributed by atoms with van der Waals surface area (Å²) in [4.78, 5) is 11.3. The molecule has 0 saturated heterocycles. The van der Waals surface area contributed by atoms with Gasteiger partial charge in [0.15, 0.2) is 0 Å². The van der Waals surface area contributed by atoms with Crippen molar-refractivity contribution in [2.45, 2.75) is 38.6 Å². The minimum Gasteiger partial charge on any atom is -0.338 e. The minimum absolute atomic E-state index is 0.0310. The first-order chi connectivity index (χ1) is 6.25. The Balaban J connectivity index is 1.59. The van der Waals surface area contributed by atoms with Crippen molar-refractivity contribution in [2.75, 3.05) is 6.54 Å². The van der Waals surface area contributed by atoms with Crippen molar-refractivity contribution in [2.24, 2.45) is 11.8 Å². The van der Waals surface area contributed by atoms with Gasteiger partial charge in [-0.3, -0.25) is 0 Å². The van der Waals surface area contributed by atoms with E-state index in [4.69, 9.17) is 0 Å². The predicted molar refractivity (Wildman–Crippen MR) is 51.4 cm³/mol. The summed E-state index contributed by atoms with van der Waals surface area (Å²) in [6, 6.07) is 0.461. The molecule has 0 spiro atoms. The predicted octanol–water partition coefficient (Wildman–Crippen LogP) is 1.49.